The van der Waals surface area contributed by atoms with Gasteiger partial charge >= 0.3 is 0 Å². The van der Waals surface area contributed by atoms with Crippen molar-refractivity contribution in [3.63, 3.8) is 0 Å². The molecule has 2 heterocycles. The summed E-state index contributed by atoms with van der Waals surface area (Å²) in [5.41, 5.74) is 0.585. The minimum Gasteiger partial charge on any atom is -0.371 e. The molecule has 0 aliphatic carbocycles. The summed E-state index contributed by atoms with van der Waals surface area (Å²) in [7, 11) is 0. The van der Waals surface area contributed by atoms with Crippen molar-refractivity contribution >= 4 is 38.3 Å². The predicted octanol–water partition coefficient (Wildman–Crippen LogP) is 3.40. The van der Waals surface area contributed by atoms with Gasteiger partial charge in [0.25, 0.3) is 5.91 Å². The van der Waals surface area contributed by atoms with Crippen molar-refractivity contribution in [1.29, 1.82) is 0 Å². The number of nitrogens with one attached hydrogen (secondary N) is 1. The molecule has 1 aromatic heterocycles. The van der Waals surface area contributed by atoms with E-state index in [4.69, 9.17) is 4.74 Å². The molecule has 1 fully saturated rings. The molecule has 1 amide bonds. The summed E-state index contributed by atoms with van der Waals surface area (Å²) in [5.74, 6) is -0.187. The normalized spacial score (nSPS) is 18.1. The van der Waals surface area contributed by atoms with Gasteiger partial charge in [-0.1, -0.05) is 27.3 Å². The third-order valence-electron chi connectivity index (χ3n) is 2.97. The first kappa shape index (κ1) is 13.7. The van der Waals surface area contributed by atoms with Crippen molar-refractivity contribution in [2.45, 2.75) is 18.9 Å². The number of nitrogens with zero attached hydrogens (tertiary/aromatic N) is 2. The lowest BCUT2D eigenvalue weighted by Gasteiger charge is -2.02. The van der Waals surface area contributed by atoms with Gasteiger partial charge < -0.3 is 4.74 Å². The lowest BCUT2D eigenvalue weighted by molar-refractivity contribution is 0.102. The summed E-state index contributed by atoms with van der Waals surface area (Å²) >= 11 is 4.70. The minimum absolute atomic E-state index is 0.0332. The highest BCUT2D eigenvalue weighted by Crippen LogP contribution is 2.31. The van der Waals surface area contributed by atoms with E-state index in [1.165, 1.54) is 11.3 Å². The number of carbonyl (C=O) groups excluding carboxylic acids is 1. The molecule has 1 aliphatic heterocycles. The Bertz CT molecular complexity index is 608. The zero-order valence-electron chi connectivity index (χ0n) is 10.5. The fourth-order valence-corrected chi connectivity index (χ4v) is 3.04. The second-order valence-corrected chi connectivity index (χ2v) is 6.33. The molecule has 0 unspecified atom stereocenters. The summed E-state index contributed by atoms with van der Waals surface area (Å²) in [6.07, 6.45) is 2.05. The van der Waals surface area contributed by atoms with Crippen LogP contribution in [0.5, 0.6) is 0 Å². The SMILES string of the molecule is O=C(Nc1nnc([C@H]2CCCO2)s1)c1ccc(Br)cc1. The average Bonchev–Trinajstić information content (AvgIpc) is 3.09. The van der Waals surface area contributed by atoms with Gasteiger partial charge in [-0.3, -0.25) is 10.1 Å². The van der Waals surface area contributed by atoms with Gasteiger partial charge in [-0.2, -0.15) is 0 Å². The van der Waals surface area contributed by atoms with Crippen LogP contribution in [0.25, 0.3) is 0 Å². The molecule has 0 radical (unpaired) electrons. The molecule has 104 valence electrons. The lowest BCUT2D eigenvalue weighted by Crippen LogP contribution is -2.11. The van der Waals surface area contributed by atoms with E-state index in [1.54, 1.807) is 12.1 Å². The van der Waals surface area contributed by atoms with Crippen molar-refractivity contribution in [2.75, 3.05) is 11.9 Å². The topological polar surface area (TPSA) is 64.1 Å². The molecule has 3 rings (SSSR count). The Morgan fingerprint density at radius 3 is 2.85 bits per heavy atom. The van der Waals surface area contributed by atoms with E-state index in [0.29, 0.717) is 10.7 Å². The first-order chi connectivity index (χ1) is 9.72. The van der Waals surface area contributed by atoms with Crippen molar-refractivity contribution in [2.24, 2.45) is 0 Å². The Labute approximate surface area is 128 Å². The van der Waals surface area contributed by atoms with Crippen LogP contribution in [0.2, 0.25) is 0 Å². The molecule has 20 heavy (non-hydrogen) atoms. The predicted molar refractivity (Wildman–Crippen MR) is 79.9 cm³/mol. The van der Waals surface area contributed by atoms with Crippen molar-refractivity contribution in [3.8, 4) is 0 Å². The van der Waals surface area contributed by atoms with Crippen LogP contribution < -0.4 is 5.32 Å². The first-order valence-electron chi connectivity index (χ1n) is 6.24. The van der Waals surface area contributed by atoms with E-state index in [-0.39, 0.29) is 12.0 Å². The third kappa shape index (κ3) is 3.05. The van der Waals surface area contributed by atoms with E-state index >= 15 is 0 Å². The molecule has 0 spiro atoms. The van der Waals surface area contributed by atoms with E-state index in [2.05, 4.69) is 31.4 Å². The van der Waals surface area contributed by atoms with E-state index in [9.17, 15) is 4.79 Å². The van der Waals surface area contributed by atoms with Gasteiger partial charge in [-0.25, -0.2) is 0 Å². The van der Waals surface area contributed by atoms with Crippen LogP contribution in [-0.4, -0.2) is 22.7 Å². The van der Waals surface area contributed by atoms with Gasteiger partial charge in [0.05, 0.1) is 0 Å². The molecule has 7 heteroatoms. The Morgan fingerprint density at radius 1 is 1.35 bits per heavy atom. The van der Waals surface area contributed by atoms with Gasteiger partial charge in [0, 0.05) is 16.6 Å². The Morgan fingerprint density at radius 2 is 2.15 bits per heavy atom. The van der Waals surface area contributed by atoms with Gasteiger partial charge in [0.2, 0.25) is 5.13 Å². The highest BCUT2D eigenvalue weighted by molar-refractivity contribution is 9.10. The molecule has 1 atom stereocenters. The number of carbonyl (C=O) groups is 1. The summed E-state index contributed by atoms with van der Waals surface area (Å²) in [6, 6.07) is 7.16. The fourth-order valence-electron chi connectivity index (χ4n) is 1.96. The largest absolute Gasteiger partial charge is 0.371 e. The number of benzene rings is 1. The molecule has 1 N–H and O–H groups in total. The van der Waals surface area contributed by atoms with Crippen LogP contribution in [0.15, 0.2) is 28.7 Å². The molecular formula is C13H12BrN3O2S. The fraction of sp³-hybridized carbons (Fsp3) is 0.308. The zero-order chi connectivity index (χ0) is 13.9. The minimum atomic E-state index is -0.187. The maximum absolute atomic E-state index is 12.0. The molecule has 0 saturated carbocycles. The average molecular weight is 354 g/mol. The number of hydrogen-bond donors (Lipinski definition) is 1. The smallest absolute Gasteiger partial charge is 0.257 e. The molecule has 0 bridgehead atoms. The van der Waals surface area contributed by atoms with Crippen LogP contribution in [0.3, 0.4) is 0 Å². The van der Waals surface area contributed by atoms with E-state index in [0.717, 1.165) is 28.9 Å². The number of halogens is 1. The van der Waals surface area contributed by atoms with Crippen LogP contribution in [-0.2, 0) is 4.74 Å². The van der Waals surface area contributed by atoms with E-state index < -0.39 is 0 Å². The summed E-state index contributed by atoms with van der Waals surface area (Å²) < 4.78 is 6.48. The number of aromatic nitrogens is 2. The molecular weight excluding hydrogens is 342 g/mol. The van der Waals surface area contributed by atoms with Crippen molar-refractivity contribution in [3.05, 3.63) is 39.3 Å². The number of ether oxygens (including phenoxy) is 1. The van der Waals surface area contributed by atoms with Crippen LogP contribution >= 0.6 is 27.3 Å². The van der Waals surface area contributed by atoms with Gasteiger partial charge in [-0.05, 0) is 37.1 Å². The van der Waals surface area contributed by atoms with Crippen LogP contribution in [0.1, 0.15) is 34.3 Å². The number of hydrogen-bond acceptors (Lipinski definition) is 5. The van der Waals surface area contributed by atoms with Crippen molar-refractivity contribution in [1.82, 2.24) is 10.2 Å². The summed E-state index contributed by atoms with van der Waals surface area (Å²) in [5, 5.41) is 12.2. The third-order valence-corrected chi connectivity index (χ3v) is 4.43. The molecule has 5 nitrogen and oxygen atoms in total. The maximum Gasteiger partial charge on any atom is 0.257 e. The van der Waals surface area contributed by atoms with Crippen LogP contribution in [0, 0.1) is 0 Å². The second-order valence-electron chi connectivity index (χ2n) is 4.41. The number of anilines is 1. The highest BCUT2D eigenvalue weighted by atomic mass is 79.9. The van der Waals surface area contributed by atoms with Gasteiger partial charge in [0.1, 0.15) is 11.1 Å². The monoisotopic (exact) mass is 353 g/mol. The Hall–Kier alpha value is -1.31. The van der Waals surface area contributed by atoms with E-state index in [1.807, 2.05) is 12.1 Å². The summed E-state index contributed by atoms with van der Waals surface area (Å²) in [6.45, 7) is 0.769. The lowest BCUT2D eigenvalue weighted by atomic mass is 10.2. The second kappa shape index (κ2) is 5.99. The Kier molecular flexibility index (Phi) is 4.09. The molecule has 1 aromatic carbocycles. The summed E-state index contributed by atoms with van der Waals surface area (Å²) in [4.78, 5) is 12.0. The Balaban J connectivity index is 1.68. The van der Waals surface area contributed by atoms with Crippen molar-refractivity contribution < 1.29 is 9.53 Å². The van der Waals surface area contributed by atoms with Crippen LogP contribution in [0.4, 0.5) is 5.13 Å². The zero-order valence-corrected chi connectivity index (χ0v) is 12.9. The molecule has 2 aromatic rings. The number of amides is 1. The number of rotatable bonds is 3. The van der Waals surface area contributed by atoms with Gasteiger partial charge in [0.15, 0.2) is 0 Å². The standard InChI is InChI=1S/C13H12BrN3O2S/c14-9-5-3-8(4-6-9)11(18)15-13-17-16-12(20-13)10-2-1-7-19-10/h3-6,10H,1-2,7H2,(H,15,17,18)/t10-/m1/s1. The quantitative estimate of drug-likeness (QED) is 0.918. The molecule has 1 aliphatic rings. The first-order valence-corrected chi connectivity index (χ1v) is 7.85. The maximum atomic E-state index is 12.0. The highest BCUT2D eigenvalue weighted by Gasteiger charge is 2.22. The molecule has 1 saturated heterocycles. The van der Waals surface area contributed by atoms with Gasteiger partial charge in [-0.15, -0.1) is 10.2 Å².